The first-order valence-electron chi connectivity index (χ1n) is 4.51. The number of carbonyl (C=O) groups is 1. The van der Waals surface area contributed by atoms with Gasteiger partial charge < -0.3 is 10.1 Å². The summed E-state index contributed by atoms with van der Waals surface area (Å²) >= 11 is 3.31. The van der Waals surface area contributed by atoms with Crippen LogP contribution in [0.4, 0.5) is 0 Å². The second-order valence-electron chi connectivity index (χ2n) is 3.18. The van der Waals surface area contributed by atoms with Crippen LogP contribution in [0.3, 0.4) is 0 Å². The van der Waals surface area contributed by atoms with Crippen molar-refractivity contribution in [3.8, 4) is 0 Å². The maximum atomic E-state index is 11.7. The zero-order chi connectivity index (χ0) is 11.3. The molecule has 1 amide bonds. The van der Waals surface area contributed by atoms with Gasteiger partial charge in [-0.2, -0.15) is 5.10 Å². The monoisotopic (exact) mass is 275 g/mol. The van der Waals surface area contributed by atoms with Crippen molar-refractivity contribution in [1.82, 2.24) is 15.1 Å². The maximum absolute atomic E-state index is 11.7. The van der Waals surface area contributed by atoms with E-state index in [2.05, 4.69) is 26.3 Å². The lowest BCUT2D eigenvalue weighted by molar-refractivity contribution is 0.0908. The third-order valence-electron chi connectivity index (χ3n) is 1.86. The highest BCUT2D eigenvalue weighted by atomic mass is 79.9. The number of aromatic nitrogens is 2. The van der Waals surface area contributed by atoms with Crippen LogP contribution < -0.4 is 5.32 Å². The number of methoxy groups -OCH3 is 1. The highest BCUT2D eigenvalue weighted by molar-refractivity contribution is 9.09. The van der Waals surface area contributed by atoms with Gasteiger partial charge in [0.15, 0.2) is 0 Å². The number of halogens is 1. The normalized spacial score (nSPS) is 12.5. The number of carbonyl (C=O) groups excluding carboxylic acids is 1. The van der Waals surface area contributed by atoms with Gasteiger partial charge in [0.05, 0.1) is 24.4 Å². The number of ether oxygens (including phenoxy) is 1. The van der Waals surface area contributed by atoms with Crippen LogP contribution in [0.15, 0.2) is 12.4 Å². The van der Waals surface area contributed by atoms with Crippen LogP contribution in [0.2, 0.25) is 0 Å². The van der Waals surface area contributed by atoms with Gasteiger partial charge in [0.1, 0.15) is 0 Å². The van der Waals surface area contributed by atoms with Gasteiger partial charge in [-0.15, -0.1) is 0 Å². The molecule has 0 bridgehead atoms. The number of amides is 1. The molecule has 0 radical (unpaired) electrons. The Morgan fingerprint density at radius 1 is 1.80 bits per heavy atom. The van der Waals surface area contributed by atoms with Crippen LogP contribution in [-0.2, 0) is 11.8 Å². The van der Waals surface area contributed by atoms with E-state index in [1.165, 1.54) is 6.20 Å². The quantitative estimate of drug-likeness (QED) is 0.799. The summed E-state index contributed by atoms with van der Waals surface area (Å²) in [4.78, 5) is 11.7. The van der Waals surface area contributed by atoms with E-state index < -0.39 is 0 Å². The van der Waals surface area contributed by atoms with E-state index >= 15 is 0 Å². The van der Waals surface area contributed by atoms with Crippen molar-refractivity contribution < 1.29 is 9.53 Å². The van der Waals surface area contributed by atoms with Crippen molar-refractivity contribution in [3.63, 3.8) is 0 Å². The Morgan fingerprint density at radius 3 is 3.00 bits per heavy atom. The number of rotatable bonds is 5. The van der Waals surface area contributed by atoms with Crippen molar-refractivity contribution in [1.29, 1.82) is 0 Å². The van der Waals surface area contributed by atoms with Gasteiger partial charge in [-0.1, -0.05) is 15.9 Å². The van der Waals surface area contributed by atoms with E-state index in [0.717, 1.165) is 0 Å². The number of hydrogen-bond donors (Lipinski definition) is 1. The lowest BCUT2D eigenvalue weighted by atomic mass is 10.3. The number of nitrogens with one attached hydrogen (secondary N) is 1. The summed E-state index contributed by atoms with van der Waals surface area (Å²) < 4.78 is 6.56. The summed E-state index contributed by atoms with van der Waals surface area (Å²) in [6.45, 7) is 0.483. The first kappa shape index (κ1) is 12.2. The molecule has 0 aliphatic carbocycles. The molecule has 1 aromatic rings. The molecule has 84 valence electrons. The fourth-order valence-electron chi connectivity index (χ4n) is 1.13. The summed E-state index contributed by atoms with van der Waals surface area (Å²) in [5, 5.41) is 7.42. The molecule has 6 heteroatoms. The molecule has 1 unspecified atom stereocenters. The van der Waals surface area contributed by atoms with Crippen LogP contribution in [0.5, 0.6) is 0 Å². The van der Waals surface area contributed by atoms with E-state index in [9.17, 15) is 4.79 Å². The Kier molecular flexibility index (Phi) is 4.77. The van der Waals surface area contributed by atoms with Gasteiger partial charge in [-0.05, 0) is 0 Å². The standard InChI is InChI=1S/C9H14BrN3O2/c1-13-5-7(4-11-13)9(14)12-8(3-10)6-15-2/h4-5,8H,3,6H2,1-2H3,(H,12,14). The smallest absolute Gasteiger partial charge is 0.254 e. The molecule has 0 saturated heterocycles. The Balaban J connectivity index is 2.54. The summed E-state index contributed by atoms with van der Waals surface area (Å²) in [5.41, 5.74) is 0.555. The second-order valence-corrected chi connectivity index (χ2v) is 3.83. The Hall–Kier alpha value is -0.880. The number of nitrogens with zero attached hydrogens (tertiary/aromatic N) is 2. The fraction of sp³-hybridized carbons (Fsp3) is 0.556. The molecule has 1 heterocycles. The first-order chi connectivity index (χ1) is 7.17. The summed E-state index contributed by atoms with van der Waals surface area (Å²) in [6.07, 6.45) is 3.21. The minimum atomic E-state index is -0.135. The number of hydrogen-bond acceptors (Lipinski definition) is 3. The van der Waals surface area contributed by atoms with Gasteiger partial charge in [0.25, 0.3) is 5.91 Å². The maximum Gasteiger partial charge on any atom is 0.254 e. The molecular weight excluding hydrogens is 262 g/mol. The van der Waals surface area contributed by atoms with Crippen LogP contribution in [0.25, 0.3) is 0 Å². The fourth-order valence-corrected chi connectivity index (χ4v) is 1.48. The van der Waals surface area contributed by atoms with Crippen molar-refractivity contribution in [3.05, 3.63) is 18.0 Å². The average Bonchev–Trinajstić information content (AvgIpc) is 2.64. The van der Waals surface area contributed by atoms with Crippen molar-refractivity contribution in [2.75, 3.05) is 19.0 Å². The molecule has 0 aliphatic heterocycles. The molecule has 0 saturated carbocycles. The van der Waals surface area contributed by atoms with Gasteiger partial charge in [-0.25, -0.2) is 0 Å². The lowest BCUT2D eigenvalue weighted by Gasteiger charge is -2.14. The zero-order valence-corrected chi connectivity index (χ0v) is 10.3. The average molecular weight is 276 g/mol. The molecule has 0 fully saturated rings. The van der Waals surface area contributed by atoms with Crippen LogP contribution in [-0.4, -0.2) is 40.8 Å². The molecule has 1 aromatic heterocycles. The number of aryl methyl sites for hydroxylation is 1. The van der Waals surface area contributed by atoms with Crippen molar-refractivity contribution in [2.24, 2.45) is 7.05 Å². The summed E-state index contributed by atoms with van der Waals surface area (Å²) in [6, 6.07) is -0.0253. The van der Waals surface area contributed by atoms with E-state index in [0.29, 0.717) is 17.5 Å². The molecule has 0 spiro atoms. The van der Waals surface area contributed by atoms with E-state index in [-0.39, 0.29) is 11.9 Å². The molecule has 15 heavy (non-hydrogen) atoms. The first-order valence-corrected chi connectivity index (χ1v) is 5.64. The third kappa shape index (κ3) is 3.64. The third-order valence-corrected chi connectivity index (χ3v) is 2.64. The molecule has 1 atom stereocenters. The predicted molar refractivity (Wildman–Crippen MR) is 60.1 cm³/mol. The summed E-state index contributed by atoms with van der Waals surface area (Å²) in [7, 11) is 3.37. The Bertz CT molecular complexity index is 327. The molecule has 5 nitrogen and oxygen atoms in total. The second kappa shape index (κ2) is 5.87. The molecular formula is C9H14BrN3O2. The van der Waals surface area contributed by atoms with Gasteiger partial charge >= 0.3 is 0 Å². The van der Waals surface area contributed by atoms with E-state index in [1.807, 2.05) is 0 Å². The Morgan fingerprint density at radius 2 is 2.53 bits per heavy atom. The molecule has 1 rings (SSSR count). The van der Waals surface area contributed by atoms with Crippen LogP contribution in [0, 0.1) is 0 Å². The van der Waals surface area contributed by atoms with Crippen LogP contribution in [0.1, 0.15) is 10.4 Å². The minimum absolute atomic E-state index is 0.0253. The largest absolute Gasteiger partial charge is 0.383 e. The van der Waals surface area contributed by atoms with Gasteiger partial charge in [0.2, 0.25) is 0 Å². The topological polar surface area (TPSA) is 56.1 Å². The predicted octanol–water partition coefficient (Wildman–Crippen LogP) is 0.560. The molecule has 0 aliphatic rings. The van der Waals surface area contributed by atoms with Gasteiger partial charge in [-0.3, -0.25) is 9.48 Å². The van der Waals surface area contributed by atoms with Crippen molar-refractivity contribution in [2.45, 2.75) is 6.04 Å². The van der Waals surface area contributed by atoms with Crippen LogP contribution >= 0.6 is 15.9 Å². The van der Waals surface area contributed by atoms with E-state index in [1.54, 1.807) is 25.0 Å². The highest BCUT2D eigenvalue weighted by Gasteiger charge is 2.13. The van der Waals surface area contributed by atoms with Crippen molar-refractivity contribution >= 4 is 21.8 Å². The van der Waals surface area contributed by atoms with E-state index in [4.69, 9.17) is 4.74 Å². The highest BCUT2D eigenvalue weighted by Crippen LogP contribution is 1.99. The molecule has 0 aromatic carbocycles. The SMILES string of the molecule is COCC(CBr)NC(=O)c1cnn(C)c1. The molecule has 1 N–H and O–H groups in total. The summed E-state index contributed by atoms with van der Waals surface area (Å²) in [5.74, 6) is -0.135. The minimum Gasteiger partial charge on any atom is -0.383 e. The van der Waals surface area contributed by atoms with Gasteiger partial charge in [0, 0.05) is 25.7 Å². The zero-order valence-electron chi connectivity index (χ0n) is 8.74. The Labute approximate surface area is 96.9 Å². The number of alkyl halides is 1. The lowest BCUT2D eigenvalue weighted by Crippen LogP contribution is -2.39.